The summed E-state index contributed by atoms with van der Waals surface area (Å²) in [6, 6.07) is 6.24. The molecule has 0 bridgehead atoms. The SMILES string of the molecule is Cn1nc(-c2ccsc2)c(-c2ccc(F)cc2Cl)c1N. The Labute approximate surface area is 124 Å². The molecule has 0 saturated heterocycles. The molecule has 3 rings (SSSR count). The van der Waals surface area contributed by atoms with Crippen molar-refractivity contribution in [1.29, 1.82) is 0 Å². The van der Waals surface area contributed by atoms with Crippen LogP contribution in [0.3, 0.4) is 0 Å². The number of aromatic nitrogens is 2. The van der Waals surface area contributed by atoms with E-state index in [0.717, 1.165) is 16.8 Å². The lowest BCUT2D eigenvalue weighted by atomic mass is 10.0. The minimum atomic E-state index is -0.377. The quantitative estimate of drug-likeness (QED) is 0.771. The van der Waals surface area contributed by atoms with Gasteiger partial charge in [-0.05, 0) is 29.6 Å². The van der Waals surface area contributed by atoms with Crippen LogP contribution in [-0.2, 0) is 7.05 Å². The number of nitrogens with zero attached hydrogens (tertiary/aromatic N) is 2. The van der Waals surface area contributed by atoms with Crippen molar-refractivity contribution in [3.8, 4) is 22.4 Å². The van der Waals surface area contributed by atoms with Gasteiger partial charge >= 0.3 is 0 Å². The Hall–Kier alpha value is -1.85. The van der Waals surface area contributed by atoms with Crippen molar-refractivity contribution < 1.29 is 4.39 Å². The third-order valence-corrected chi connectivity index (χ3v) is 4.08. The van der Waals surface area contributed by atoms with E-state index in [1.165, 1.54) is 12.1 Å². The van der Waals surface area contributed by atoms with Crippen LogP contribution in [0.2, 0.25) is 5.02 Å². The van der Waals surface area contributed by atoms with Crippen LogP contribution in [0.4, 0.5) is 10.2 Å². The van der Waals surface area contributed by atoms with E-state index in [2.05, 4.69) is 5.10 Å². The second-order valence-corrected chi connectivity index (χ2v) is 5.56. The highest BCUT2D eigenvalue weighted by Gasteiger charge is 2.19. The van der Waals surface area contributed by atoms with E-state index in [1.54, 1.807) is 29.1 Å². The number of rotatable bonds is 2. The van der Waals surface area contributed by atoms with Gasteiger partial charge in [-0.3, -0.25) is 4.68 Å². The molecule has 0 spiro atoms. The predicted molar refractivity (Wildman–Crippen MR) is 81.3 cm³/mol. The van der Waals surface area contributed by atoms with Crippen LogP contribution in [0, 0.1) is 5.82 Å². The van der Waals surface area contributed by atoms with Crippen LogP contribution < -0.4 is 5.73 Å². The molecule has 0 aliphatic rings. The molecule has 0 fully saturated rings. The number of hydrogen-bond donors (Lipinski definition) is 1. The van der Waals surface area contributed by atoms with Gasteiger partial charge in [0.2, 0.25) is 0 Å². The average molecular weight is 308 g/mol. The van der Waals surface area contributed by atoms with Gasteiger partial charge in [0.25, 0.3) is 0 Å². The monoisotopic (exact) mass is 307 g/mol. The number of anilines is 1. The summed E-state index contributed by atoms with van der Waals surface area (Å²) in [7, 11) is 1.77. The highest BCUT2D eigenvalue weighted by molar-refractivity contribution is 7.08. The zero-order valence-corrected chi connectivity index (χ0v) is 12.2. The fourth-order valence-corrected chi connectivity index (χ4v) is 3.00. The Kier molecular flexibility index (Phi) is 3.23. The molecule has 3 aromatic rings. The van der Waals surface area contributed by atoms with E-state index in [0.29, 0.717) is 16.4 Å². The van der Waals surface area contributed by atoms with E-state index in [9.17, 15) is 4.39 Å². The van der Waals surface area contributed by atoms with Crippen molar-refractivity contribution >= 4 is 28.8 Å². The van der Waals surface area contributed by atoms with Crippen molar-refractivity contribution in [2.24, 2.45) is 7.05 Å². The second-order valence-electron chi connectivity index (χ2n) is 4.37. The van der Waals surface area contributed by atoms with Crippen LogP contribution >= 0.6 is 22.9 Å². The first-order chi connectivity index (χ1) is 9.58. The first-order valence-electron chi connectivity index (χ1n) is 5.88. The van der Waals surface area contributed by atoms with Crippen molar-refractivity contribution in [3.63, 3.8) is 0 Å². The highest BCUT2D eigenvalue weighted by Crippen LogP contribution is 2.39. The summed E-state index contributed by atoms with van der Waals surface area (Å²) in [5.74, 6) is 0.123. The maximum absolute atomic E-state index is 13.2. The van der Waals surface area contributed by atoms with Crippen molar-refractivity contribution in [2.75, 3.05) is 5.73 Å². The van der Waals surface area contributed by atoms with E-state index >= 15 is 0 Å². The molecule has 2 heterocycles. The van der Waals surface area contributed by atoms with Crippen molar-refractivity contribution in [1.82, 2.24) is 9.78 Å². The average Bonchev–Trinajstić information content (AvgIpc) is 3.01. The molecular weight excluding hydrogens is 297 g/mol. The molecule has 102 valence electrons. The first-order valence-corrected chi connectivity index (χ1v) is 7.20. The Morgan fingerprint density at radius 1 is 1.35 bits per heavy atom. The highest BCUT2D eigenvalue weighted by atomic mass is 35.5. The summed E-state index contributed by atoms with van der Waals surface area (Å²) in [5, 5.41) is 8.72. The normalized spacial score (nSPS) is 10.9. The van der Waals surface area contributed by atoms with Gasteiger partial charge in [-0.25, -0.2) is 4.39 Å². The molecule has 2 N–H and O–H groups in total. The maximum Gasteiger partial charge on any atom is 0.129 e. The summed E-state index contributed by atoms with van der Waals surface area (Å²) in [6.45, 7) is 0. The minimum absolute atomic E-state index is 0.321. The number of nitrogen functional groups attached to an aromatic ring is 1. The van der Waals surface area contributed by atoms with E-state index in [1.807, 2.05) is 16.8 Å². The van der Waals surface area contributed by atoms with Gasteiger partial charge in [0.15, 0.2) is 0 Å². The number of aryl methyl sites for hydroxylation is 1. The van der Waals surface area contributed by atoms with Gasteiger partial charge in [0.05, 0.1) is 10.6 Å². The standard InChI is InChI=1S/C14H11ClFN3S/c1-19-14(17)12(10-3-2-9(16)6-11(10)15)13(18-19)8-4-5-20-7-8/h2-7H,17H2,1H3. The fourth-order valence-electron chi connectivity index (χ4n) is 2.10. The van der Waals surface area contributed by atoms with Gasteiger partial charge in [0, 0.05) is 23.6 Å². The molecule has 6 heteroatoms. The Morgan fingerprint density at radius 3 is 2.80 bits per heavy atom. The Morgan fingerprint density at radius 2 is 2.15 bits per heavy atom. The third-order valence-electron chi connectivity index (χ3n) is 3.09. The third kappa shape index (κ3) is 2.09. The van der Waals surface area contributed by atoms with Crippen LogP contribution in [0.5, 0.6) is 0 Å². The smallest absolute Gasteiger partial charge is 0.129 e. The predicted octanol–water partition coefficient (Wildman–Crippen LogP) is 4.19. The lowest BCUT2D eigenvalue weighted by Crippen LogP contribution is -1.98. The number of halogens is 2. The Balaban J connectivity index is 2.28. The molecule has 0 atom stereocenters. The molecule has 2 aromatic heterocycles. The number of benzene rings is 1. The second kappa shape index (κ2) is 4.92. The minimum Gasteiger partial charge on any atom is -0.383 e. The molecule has 0 aliphatic heterocycles. The summed E-state index contributed by atoms with van der Waals surface area (Å²) in [5.41, 5.74) is 9.23. The van der Waals surface area contributed by atoms with E-state index in [-0.39, 0.29) is 5.82 Å². The van der Waals surface area contributed by atoms with Crippen LogP contribution in [0.1, 0.15) is 0 Å². The van der Waals surface area contributed by atoms with Crippen LogP contribution in [0.25, 0.3) is 22.4 Å². The molecule has 20 heavy (non-hydrogen) atoms. The molecule has 0 unspecified atom stereocenters. The number of nitrogens with two attached hydrogens (primary N) is 1. The zero-order valence-electron chi connectivity index (χ0n) is 10.6. The zero-order chi connectivity index (χ0) is 14.3. The Bertz CT molecular complexity index is 765. The lowest BCUT2D eigenvalue weighted by Gasteiger charge is -2.06. The number of thiophene rings is 1. The molecule has 1 aromatic carbocycles. The molecule has 3 nitrogen and oxygen atoms in total. The molecule has 0 radical (unpaired) electrons. The van der Waals surface area contributed by atoms with Crippen LogP contribution in [0.15, 0.2) is 35.0 Å². The lowest BCUT2D eigenvalue weighted by molar-refractivity contribution is 0.628. The molecular formula is C14H11ClFN3S. The first kappa shape index (κ1) is 13.1. The summed E-state index contributed by atoms with van der Waals surface area (Å²) < 4.78 is 14.8. The topological polar surface area (TPSA) is 43.8 Å². The summed E-state index contributed by atoms with van der Waals surface area (Å²) in [4.78, 5) is 0. The maximum atomic E-state index is 13.2. The molecule has 0 amide bonds. The number of hydrogen-bond acceptors (Lipinski definition) is 3. The van der Waals surface area contributed by atoms with Crippen molar-refractivity contribution in [3.05, 3.63) is 45.9 Å². The fraction of sp³-hybridized carbons (Fsp3) is 0.0714. The molecule has 0 aliphatic carbocycles. The van der Waals surface area contributed by atoms with Crippen LogP contribution in [-0.4, -0.2) is 9.78 Å². The largest absolute Gasteiger partial charge is 0.383 e. The van der Waals surface area contributed by atoms with Gasteiger partial charge in [-0.1, -0.05) is 11.6 Å². The summed E-state index contributed by atoms with van der Waals surface area (Å²) >= 11 is 7.73. The summed E-state index contributed by atoms with van der Waals surface area (Å²) in [6.07, 6.45) is 0. The van der Waals surface area contributed by atoms with Gasteiger partial charge in [-0.2, -0.15) is 16.4 Å². The van der Waals surface area contributed by atoms with Gasteiger partial charge in [0.1, 0.15) is 17.3 Å². The van der Waals surface area contributed by atoms with Gasteiger partial charge in [-0.15, -0.1) is 0 Å². The van der Waals surface area contributed by atoms with Gasteiger partial charge < -0.3 is 5.73 Å². The van der Waals surface area contributed by atoms with Crippen molar-refractivity contribution in [2.45, 2.75) is 0 Å². The van der Waals surface area contributed by atoms with E-state index < -0.39 is 0 Å². The van der Waals surface area contributed by atoms with E-state index in [4.69, 9.17) is 17.3 Å². The molecule has 0 saturated carbocycles.